The standard InChI is InChI=1S/C21H23F2N5O2/c1-12-7-13(9-15(8-12)26-21-24-6-5-16(27-21)20(22)23)14-10-25-28(11-14)17-3-2-4-18(29)19(17)30/h5-11,17-20,29-30H,2-4H2,1H3,(H,24,26,27)/t17-,18+,19-/m0/s1. The SMILES string of the molecule is Cc1cc(Nc2nccc(C(F)F)n2)cc(-c2cnn([C@H]3CCC[C@@H](O)[C@H]3O)c2)c1. The number of aromatic nitrogens is 4. The van der Waals surface area contributed by atoms with Crippen molar-refractivity contribution in [1.82, 2.24) is 19.7 Å². The lowest BCUT2D eigenvalue weighted by molar-refractivity contribution is -0.0425. The minimum absolute atomic E-state index is 0.0966. The minimum Gasteiger partial charge on any atom is -0.390 e. The van der Waals surface area contributed by atoms with Crippen LogP contribution in [0.2, 0.25) is 0 Å². The highest BCUT2D eigenvalue weighted by Crippen LogP contribution is 2.31. The molecule has 0 saturated heterocycles. The van der Waals surface area contributed by atoms with E-state index in [4.69, 9.17) is 0 Å². The van der Waals surface area contributed by atoms with Crippen molar-refractivity contribution < 1.29 is 19.0 Å². The second-order valence-electron chi connectivity index (χ2n) is 7.58. The van der Waals surface area contributed by atoms with Gasteiger partial charge in [-0.15, -0.1) is 0 Å². The summed E-state index contributed by atoms with van der Waals surface area (Å²) in [5.41, 5.74) is 3.00. The number of aliphatic hydroxyl groups is 2. The summed E-state index contributed by atoms with van der Waals surface area (Å²) in [7, 11) is 0. The molecule has 0 unspecified atom stereocenters. The number of anilines is 2. The number of benzene rings is 1. The minimum atomic E-state index is -2.67. The third kappa shape index (κ3) is 4.31. The van der Waals surface area contributed by atoms with Crippen LogP contribution in [0.15, 0.2) is 42.9 Å². The first-order valence-electron chi connectivity index (χ1n) is 9.81. The molecule has 1 aromatic carbocycles. The first-order valence-corrected chi connectivity index (χ1v) is 9.81. The molecule has 3 atom stereocenters. The second kappa shape index (κ2) is 8.45. The van der Waals surface area contributed by atoms with Gasteiger partial charge in [0.05, 0.1) is 18.3 Å². The molecule has 0 radical (unpaired) electrons. The summed E-state index contributed by atoms with van der Waals surface area (Å²) < 4.78 is 27.5. The largest absolute Gasteiger partial charge is 0.390 e. The van der Waals surface area contributed by atoms with E-state index in [1.54, 1.807) is 10.9 Å². The van der Waals surface area contributed by atoms with E-state index in [1.807, 2.05) is 31.3 Å². The third-order valence-electron chi connectivity index (χ3n) is 5.30. The predicted octanol–water partition coefficient (Wildman–Crippen LogP) is 3.78. The Labute approximate surface area is 172 Å². The fraction of sp³-hybridized carbons (Fsp3) is 0.381. The molecule has 158 valence electrons. The van der Waals surface area contributed by atoms with Crippen molar-refractivity contribution in [1.29, 1.82) is 0 Å². The Morgan fingerprint density at radius 3 is 2.80 bits per heavy atom. The number of hydrogen-bond donors (Lipinski definition) is 3. The number of hydrogen-bond acceptors (Lipinski definition) is 6. The van der Waals surface area contributed by atoms with Gasteiger partial charge >= 0.3 is 0 Å². The number of alkyl halides is 2. The highest BCUT2D eigenvalue weighted by Gasteiger charge is 2.32. The van der Waals surface area contributed by atoms with E-state index in [1.165, 1.54) is 12.3 Å². The highest BCUT2D eigenvalue weighted by molar-refractivity contribution is 5.70. The summed E-state index contributed by atoms with van der Waals surface area (Å²) in [6.45, 7) is 1.93. The molecule has 30 heavy (non-hydrogen) atoms. The molecule has 9 heteroatoms. The molecule has 7 nitrogen and oxygen atoms in total. The molecular formula is C21H23F2N5O2. The molecule has 0 aliphatic heterocycles. The van der Waals surface area contributed by atoms with Crippen molar-refractivity contribution in [3.8, 4) is 11.1 Å². The molecule has 3 aromatic rings. The quantitative estimate of drug-likeness (QED) is 0.587. The number of rotatable bonds is 5. The van der Waals surface area contributed by atoms with Crippen molar-refractivity contribution in [3.63, 3.8) is 0 Å². The smallest absolute Gasteiger partial charge is 0.280 e. The fourth-order valence-electron chi connectivity index (χ4n) is 3.80. The first-order chi connectivity index (χ1) is 14.4. The summed E-state index contributed by atoms with van der Waals surface area (Å²) in [4.78, 5) is 7.85. The zero-order valence-electron chi connectivity index (χ0n) is 16.4. The number of halogens is 2. The summed E-state index contributed by atoms with van der Waals surface area (Å²) in [5, 5.41) is 27.6. The lowest BCUT2D eigenvalue weighted by Crippen LogP contribution is -2.38. The van der Waals surface area contributed by atoms with Gasteiger partial charge in [-0.2, -0.15) is 5.10 Å². The Morgan fingerprint density at radius 1 is 1.17 bits per heavy atom. The molecule has 1 aliphatic carbocycles. The Balaban J connectivity index is 1.58. The lowest BCUT2D eigenvalue weighted by Gasteiger charge is -2.31. The van der Waals surface area contributed by atoms with E-state index < -0.39 is 18.6 Å². The highest BCUT2D eigenvalue weighted by atomic mass is 19.3. The summed E-state index contributed by atoms with van der Waals surface area (Å²) >= 11 is 0. The molecule has 1 aliphatic rings. The molecule has 0 bridgehead atoms. The zero-order chi connectivity index (χ0) is 21.3. The molecule has 1 fully saturated rings. The van der Waals surface area contributed by atoms with Crippen LogP contribution >= 0.6 is 0 Å². The maximum Gasteiger partial charge on any atom is 0.280 e. The van der Waals surface area contributed by atoms with Crippen molar-refractivity contribution >= 4 is 11.6 Å². The summed E-state index contributed by atoms with van der Waals surface area (Å²) in [6, 6.07) is 6.62. The van der Waals surface area contributed by atoms with Crippen LogP contribution in [0.1, 0.15) is 43.0 Å². The van der Waals surface area contributed by atoms with Crippen LogP contribution in [0.5, 0.6) is 0 Å². The average molecular weight is 415 g/mol. The molecule has 1 saturated carbocycles. The van der Waals surface area contributed by atoms with Crippen LogP contribution in [0, 0.1) is 6.92 Å². The molecular weight excluding hydrogens is 392 g/mol. The van der Waals surface area contributed by atoms with Crippen LogP contribution in [-0.4, -0.2) is 42.2 Å². The molecule has 0 amide bonds. The lowest BCUT2D eigenvalue weighted by atomic mass is 9.90. The van der Waals surface area contributed by atoms with Crippen molar-refractivity contribution in [2.75, 3.05) is 5.32 Å². The van der Waals surface area contributed by atoms with Crippen molar-refractivity contribution in [3.05, 3.63) is 54.1 Å². The first kappa shape index (κ1) is 20.4. The number of aryl methyl sites for hydroxylation is 1. The molecule has 2 heterocycles. The zero-order valence-corrected chi connectivity index (χ0v) is 16.4. The van der Waals surface area contributed by atoms with Gasteiger partial charge in [-0.05, 0) is 55.5 Å². The van der Waals surface area contributed by atoms with Gasteiger partial charge in [0.1, 0.15) is 11.8 Å². The molecule has 3 N–H and O–H groups in total. The van der Waals surface area contributed by atoms with E-state index in [0.717, 1.165) is 29.5 Å². The van der Waals surface area contributed by atoms with Gasteiger partial charge in [-0.1, -0.05) is 6.07 Å². The monoisotopic (exact) mass is 415 g/mol. The number of nitrogens with one attached hydrogen (secondary N) is 1. The maximum atomic E-state index is 12.9. The van der Waals surface area contributed by atoms with Crippen LogP contribution < -0.4 is 5.32 Å². The number of aliphatic hydroxyl groups excluding tert-OH is 2. The Morgan fingerprint density at radius 2 is 2.00 bits per heavy atom. The van der Waals surface area contributed by atoms with Crippen molar-refractivity contribution in [2.45, 2.75) is 50.9 Å². The molecule has 4 rings (SSSR count). The fourth-order valence-corrected chi connectivity index (χ4v) is 3.80. The predicted molar refractivity (Wildman–Crippen MR) is 108 cm³/mol. The van der Waals surface area contributed by atoms with Gasteiger partial charge in [-0.25, -0.2) is 18.7 Å². The van der Waals surface area contributed by atoms with Crippen LogP contribution in [-0.2, 0) is 0 Å². The van der Waals surface area contributed by atoms with Crippen LogP contribution in [0.25, 0.3) is 11.1 Å². The van der Waals surface area contributed by atoms with Crippen molar-refractivity contribution in [2.24, 2.45) is 0 Å². The van der Waals surface area contributed by atoms with Gasteiger partial charge in [-0.3, -0.25) is 4.68 Å². The van der Waals surface area contributed by atoms with Gasteiger partial charge in [0.15, 0.2) is 0 Å². The topological polar surface area (TPSA) is 96.1 Å². The third-order valence-corrected chi connectivity index (χ3v) is 5.30. The van der Waals surface area contributed by atoms with E-state index in [9.17, 15) is 19.0 Å². The van der Waals surface area contributed by atoms with Gasteiger partial charge in [0.2, 0.25) is 5.95 Å². The Kier molecular flexibility index (Phi) is 5.74. The normalized spacial score (nSPS) is 21.7. The second-order valence-corrected chi connectivity index (χ2v) is 7.58. The average Bonchev–Trinajstić information content (AvgIpc) is 3.20. The Hall–Kier alpha value is -2.91. The number of nitrogens with zero attached hydrogens (tertiary/aromatic N) is 4. The Bertz CT molecular complexity index is 1030. The molecule has 0 spiro atoms. The van der Waals surface area contributed by atoms with Gasteiger partial charge in [0, 0.05) is 23.6 Å². The van der Waals surface area contributed by atoms with Crippen LogP contribution in [0.4, 0.5) is 20.4 Å². The van der Waals surface area contributed by atoms with Gasteiger partial charge in [0.25, 0.3) is 6.43 Å². The van der Waals surface area contributed by atoms with E-state index in [2.05, 4.69) is 20.4 Å². The summed E-state index contributed by atoms with van der Waals surface area (Å²) in [6.07, 6.45) is 2.76. The van der Waals surface area contributed by atoms with E-state index >= 15 is 0 Å². The summed E-state index contributed by atoms with van der Waals surface area (Å²) in [5.74, 6) is 0.0966. The van der Waals surface area contributed by atoms with E-state index in [0.29, 0.717) is 12.1 Å². The van der Waals surface area contributed by atoms with E-state index in [-0.39, 0.29) is 17.7 Å². The van der Waals surface area contributed by atoms with Gasteiger partial charge < -0.3 is 15.5 Å². The van der Waals surface area contributed by atoms with Crippen LogP contribution in [0.3, 0.4) is 0 Å². The molecule has 2 aromatic heterocycles. The maximum absolute atomic E-state index is 12.9.